The van der Waals surface area contributed by atoms with Gasteiger partial charge in [0.25, 0.3) is 5.91 Å². The summed E-state index contributed by atoms with van der Waals surface area (Å²) in [7, 11) is 1.57. The van der Waals surface area contributed by atoms with Gasteiger partial charge >= 0.3 is 6.18 Å². The minimum Gasteiger partial charge on any atom is -0.313 e. The highest BCUT2D eigenvalue weighted by molar-refractivity contribution is 6.04. The lowest BCUT2D eigenvalue weighted by atomic mass is 10.2. The minimum atomic E-state index is -4.47. The molecule has 0 radical (unpaired) electrons. The fourth-order valence-corrected chi connectivity index (χ4v) is 2.26. The SMILES string of the molecule is Cn1c(NC(=O)c2ccc(F)cc2)nc2cc(C(F)(F)F)ccc21. The van der Waals surface area contributed by atoms with Crippen LogP contribution in [0, 0.1) is 5.82 Å². The molecule has 3 rings (SSSR count). The minimum absolute atomic E-state index is 0.0960. The summed E-state index contributed by atoms with van der Waals surface area (Å²) in [6, 6.07) is 8.04. The summed E-state index contributed by atoms with van der Waals surface area (Å²) in [6.45, 7) is 0. The summed E-state index contributed by atoms with van der Waals surface area (Å²) < 4.78 is 52.6. The standard InChI is InChI=1S/C16H11F4N3O/c1-23-13-7-4-10(16(18,19)20)8-12(13)21-15(23)22-14(24)9-2-5-11(17)6-3-9/h2-8H,1H3,(H,21,22,24). The van der Waals surface area contributed by atoms with Gasteiger partial charge in [0, 0.05) is 12.6 Å². The van der Waals surface area contributed by atoms with Crippen LogP contribution in [0.5, 0.6) is 0 Å². The van der Waals surface area contributed by atoms with Crippen LogP contribution in [-0.4, -0.2) is 15.5 Å². The van der Waals surface area contributed by atoms with Gasteiger partial charge in [0.15, 0.2) is 0 Å². The average molecular weight is 337 g/mol. The molecule has 3 aromatic rings. The Morgan fingerprint density at radius 1 is 1.12 bits per heavy atom. The molecule has 1 heterocycles. The fraction of sp³-hybridized carbons (Fsp3) is 0.125. The van der Waals surface area contributed by atoms with Crippen LogP contribution in [0.3, 0.4) is 0 Å². The van der Waals surface area contributed by atoms with Gasteiger partial charge in [0.05, 0.1) is 16.6 Å². The second-order valence-corrected chi connectivity index (χ2v) is 5.16. The molecule has 1 aromatic heterocycles. The third kappa shape index (κ3) is 2.94. The van der Waals surface area contributed by atoms with Crippen LogP contribution >= 0.6 is 0 Å². The van der Waals surface area contributed by atoms with Crippen LogP contribution in [-0.2, 0) is 13.2 Å². The number of rotatable bonds is 2. The number of benzene rings is 2. The number of amides is 1. The predicted molar refractivity (Wildman–Crippen MR) is 80.1 cm³/mol. The molecule has 2 aromatic carbocycles. The number of hydrogen-bond acceptors (Lipinski definition) is 2. The zero-order chi connectivity index (χ0) is 17.5. The number of aromatic nitrogens is 2. The van der Waals surface area contributed by atoms with Gasteiger partial charge in [-0.15, -0.1) is 0 Å². The lowest BCUT2D eigenvalue weighted by molar-refractivity contribution is -0.137. The van der Waals surface area contributed by atoms with Crippen molar-refractivity contribution in [1.29, 1.82) is 0 Å². The molecule has 0 saturated carbocycles. The van der Waals surface area contributed by atoms with Gasteiger partial charge in [-0.3, -0.25) is 10.1 Å². The van der Waals surface area contributed by atoms with Crippen molar-refractivity contribution in [3.05, 3.63) is 59.4 Å². The maximum atomic E-state index is 12.9. The molecule has 0 fully saturated rings. The Balaban J connectivity index is 1.93. The molecular weight excluding hydrogens is 326 g/mol. The number of nitrogens with zero attached hydrogens (tertiary/aromatic N) is 2. The van der Waals surface area contributed by atoms with E-state index >= 15 is 0 Å². The second-order valence-electron chi connectivity index (χ2n) is 5.16. The number of halogens is 4. The van der Waals surface area contributed by atoms with Gasteiger partial charge in [0.1, 0.15) is 5.82 Å². The Bertz CT molecular complexity index is 913. The van der Waals surface area contributed by atoms with Crippen LogP contribution in [0.15, 0.2) is 42.5 Å². The van der Waals surface area contributed by atoms with E-state index < -0.39 is 23.5 Å². The number of nitrogens with one attached hydrogen (secondary N) is 1. The Kier molecular flexibility index (Phi) is 3.75. The summed E-state index contributed by atoms with van der Waals surface area (Å²) in [4.78, 5) is 16.1. The Labute approximate surface area is 133 Å². The van der Waals surface area contributed by atoms with E-state index in [4.69, 9.17) is 0 Å². The third-order valence-electron chi connectivity index (χ3n) is 3.54. The van der Waals surface area contributed by atoms with E-state index in [1.165, 1.54) is 22.8 Å². The quantitative estimate of drug-likeness (QED) is 0.719. The van der Waals surface area contributed by atoms with E-state index in [-0.39, 0.29) is 17.0 Å². The van der Waals surface area contributed by atoms with E-state index in [0.717, 1.165) is 24.3 Å². The lowest BCUT2D eigenvalue weighted by Crippen LogP contribution is -2.14. The summed E-state index contributed by atoms with van der Waals surface area (Å²) >= 11 is 0. The Hall–Kier alpha value is -2.90. The van der Waals surface area contributed by atoms with Gasteiger partial charge in [-0.2, -0.15) is 13.2 Å². The van der Waals surface area contributed by atoms with Crippen molar-refractivity contribution in [1.82, 2.24) is 9.55 Å². The van der Waals surface area contributed by atoms with Gasteiger partial charge < -0.3 is 4.57 Å². The topological polar surface area (TPSA) is 46.9 Å². The van der Waals surface area contributed by atoms with Crippen LogP contribution in [0.25, 0.3) is 11.0 Å². The molecule has 8 heteroatoms. The number of fused-ring (bicyclic) bond motifs is 1. The zero-order valence-electron chi connectivity index (χ0n) is 12.4. The lowest BCUT2D eigenvalue weighted by Gasteiger charge is -2.06. The first-order valence-corrected chi connectivity index (χ1v) is 6.86. The largest absolute Gasteiger partial charge is 0.416 e. The molecule has 0 aliphatic carbocycles. The van der Waals surface area contributed by atoms with E-state index in [1.54, 1.807) is 7.05 Å². The van der Waals surface area contributed by atoms with Crippen LogP contribution < -0.4 is 5.32 Å². The molecule has 0 spiro atoms. The van der Waals surface area contributed by atoms with Crippen molar-refractivity contribution in [2.45, 2.75) is 6.18 Å². The van der Waals surface area contributed by atoms with Crippen molar-refractivity contribution < 1.29 is 22.4 Å². The number of hydrogen-bond donors (Lipinski definition) is 1. The Morgan fingerprint density at radius 3 is 2.42 bits per heavy atom. The number of imidazole rings is 1. The molecule has 0 bridgehead atoms. The monoisotopic (exact) mass is 337 g/mol. The van der Waals surface area contributed by atoms with E-state index in [2.05, 4.69) is 10.3 Å². The normalized spacial score (nSPS) is 11.7. The molecule has 0 saturated heterocycles. The summed E-state index contributed by atoms with van der Waals surface area (Å²) in [5, 5.41) is 2.50. The molecule has 4 nitrogen and oxygen atoms in total. The molecule has 0 aliphatic rings. The van der Waals surface area contributed by atoms with Crippen molar-refractivity contribution in [2.24, 2.45) is 7.05 Å². The second kappa shape index (κ2) is 5.63. The van der Waals surface area contributed by atoms with E-state index in [9.17, 15) is 22.4 Å². The highest BCUT2D eigenvalue weighted by atomic mass is 19.4. The molecule has 0 unspecified atom stereocenters. The first kappa shape index (κ1) is 16.0. The van der Waals surface area contributed by atoms with E-state index in [1.807, 2.05) is 0 Å². The number of anilines is 1. The summed E-state index contributed by atoms with van der Waals surface area (Å²) in [6.07, 6.45) is -4.47. The first-order chi connectivity index (χ1) is 11.3. The van der Waals surface area contributed by atoms with Crippen LogP contribution in [0.2, 0.25) is 0 Å². The number of alkyl halides is 3. The van der Waals surface area contributed by atoms with Crippen molar-refractivity contribution in [2.75, 3.05) is 5.32 Å². The van der Waals surface area contributed by atoms with Crippen LogP contribution in [0.4, 0.5) is 23.5 Å². The van der Waals surface area contributed by atoms with Crippen molar-refractivity contribution in [3.63, 3.8) is 0 Å². The number of aryl methyl sites for hydroxylation is 1. The molecule has 124 valence electrons. The molecule has 24 heavy (non-hydrogen) atoms. The Morgan fingerprint density at radius 2 is 1.79 bits per heavy atom. The zero-order valence-corrected chi connectivity index (χ0v) is 12.4. The fourth-order valence-electron chi connectivity index (χ4n) is 2.26. The number of carbonyl (C=O) groups is 1. The van der Waals surface area contributed by atoms with Crippen LogP contribution in [0.1, 0.15) is 15.9 Å². The molecule has 0 atom stereocenters. The predicted octanol–water partition coefficient (Wildman–Crippen LogP) is 3.98. The van der Waals surface area contributed by atoms with Crippen molar-refractivity contribution in [3.8, 4) is 0 Å². The molecule has 0 aliphatic heterocycles. The average Bonchev–Trinajstić information content (AvgIpc) is 2.83. The number of carbonyl (C=O) groups excluding carboxylic acids is 1. The summed E-state index contributed by atoms with van der Waals surface area (Å²) in [5.74, 6) is -0.919. The summed E-state index contributed by atoms with van der Waals surface area (Å²) in [5.41, 5.74) is -0.0527. The highest BCUT2D eigenvalue weighted by Crippen LogP contribution is 2.31. The third-order valence-corrected chi connectivity index (χ3v) is 3.54. The first-order valence-electron chi connectivity index (χ1n) is 6.86. The highest BCUT2D eigenvalue weighted by Gasteiger charge is 2.31. The van der Waals surface area contributed by atoms with Gasteiger partial charge in [0.2, 0.25) is 5.95 Å². The maximum absolute atomic E-state index is 12.9. The molecular formula is C16H11F4N3O. The smallest absolute Gasteiger partial charge is 0.313 e. The van der Waals surface area contributed by atoms with Gasteiger partial charge in [-0.1, -0.05) is 0 Å². The van der Waals surface area contributed by atoms with Crippen molar-refractivity contribution >= 4 is 22.9 Å². The molecule has 1 N–H and O–H groups in total. The maximum Gasteiger partial charge on any atom is 0.416 e. The van der Waals surface area contributed by atoms with E-state index in [0.29, 0.717) is 5.52 Å². The van der Waals surface area contributed by atoms with Gasteiger partial charge in [-0.25, -0.2) is 9.37 Å². The molecule has 1 amide bonds. The van der Waals surface area contributed by atoms with Gasteiger partial charge in [-0.05, 0) is 42.5 Å².